The van der Waals surface area contributed by atoms with Gasteiger partial charge in [-0.05, 0) is 73.0 Å². The third-order valence-corrected chi connectivity index (χ3v) is 5.11. The topological polar surface area (TPSA) is 97.7 Å². The molecule has 3 aromatic carbocycles. The van der Waals surface area contributed by atoms with Gasteiger partial charge in [-0.15, -0.1) is 0 Å². The predicted molar refractivity (Wildman–Crippen MR) is 129 cm³/mol. The SMILES string of the molecule is COc1ccc(C(=O)Oc2cc(C=C(C#N)C(=O)Nc3c(C)cccc3C)ccc2OC)cc1. The molecule has 172 valence electrons. The summed E-state index contributed by atoms with van der Waals surface area (Å²) in [7, 11) is 2.99. The summed E-state index contributed by atoms with van der Waals surface area (Å²) in [6.45, 7) is 3.76. The molecule has 0 heterocycles. The van der Waals surface area contributed by atoms with Gasteiger partial charge in [-0.3, -0.25) is 4.79 Å². The quantitative estimate of drug-likeness (QED) is 0.230. The van der Waals surface area contributed by atoms with Crippen LogP contribution >= 0.6 is 0 Å². The first-order valence-electron chi connectivity index (χ1n) is 10.4. The summed E-state index contributed by atoms with van der Waals surface area (Å²) in [6.07, 6.45) is 1.42. The molecule has 7 nitrogen and oxygen atoms in total. The number of carbonyl (C=O) groups excluding carboxylic acids is 2. The van der Waals surface area contributed by atoms with Crippen molar-refractivity contribution in [3.63, 3.8) is 0 Å². The van der Waals surface area contributed by atoms with Crippen molar-refractivity contribution in [2.75, 3.05) is 19.5 Å². The van der Waals surface area contributed by atoms with Crippen LogP contribution in [0.2, 0.25) is 0 Å². The summed E-state index contributed by atoms with van der Waals surface area (Å²) in [6, 6.07) is 18.9. The van der Waals surface area contributed by atoms with Gasteiger partial charge in [0, 0.05) is 5.69 Å². The van der Waals surface area contributed by atoms with Crippen LogP contribution in [0, 0.1) is 25.2 Å². The van der Waals surface area contributed by atoms with Crippen LogP contribution < -0.4 is 19.5 Å². The molecular weight excluding hydrogens is 432 g/mol. The Labute approximate surface area is 198 Å². The van der Waals surface area contributed by atoms with Crippen LogP contribution in [0.1, 0.15) is 27.0 Å². The zero-order chi connectivity index (χ0) is 24.7. The van der Waals surface area contributed by atoms with Crippen molar-refractivity contribution in [3.05, 3.63) is 88.5 Å². The minimum Gasteiger partial charge on any atom is -0.497 e. The van der Waals surface area contributed by atoms with Crippen molar-refractivity contribution < 1.29 is 23.8 Å². The van der Waals surface area contributed by atoms with Crippen LogP contribution in [-0.4, -0.2) is 26.1 Å². The number of nitriles is 1. The number of anilines is 1. The molecule has 34 heavy (non-hydrogen) atoms. The molecule has 0 fully saturated rings. The van der Waals surface area contributed by atoms with Crippen molar-refractivity contribution in [3.8, 4) is 23.3 Å². The number of esters is 1. The molecule has 0 aliphatic carbocycles. The standard InChI is InChI=1S/C27H24N2O5/c1-17-6-5-7-18(2)25(17)29-26(30)21(16-28)14-19-8-13-23(33-4)24(15-19)34-27(31)20-9-11-22(32-3)12-10-20/h5-15H,1-4H3,(H,29,30). The van der Waals surface area contributed by atoms with Gasteiger partial charge in [-0.25, -0.2) is 4.79 Å². The van der Waals surface area contributed by atoms with Crippen molar-refractivity contribution in [2.45, 2.75) is 13.8 Å². The second kappa shape index (κ2) is 10.8. The maximum atomic E-state index is 12.8. The van der Waals surface area contributed by atoms with Crippen LogP contribution in [0.4, 0.5) is 5.69 Å². The number of rotatable bonds is 7. The Morgan fingerprint density at radius 2 is 1.59 bits per heavy atom. The van der Waals surface area contributed by atoms with E-state index in [0.717, 1.165) is 11.1 Å². The number of ether oxygens (including phenoxy) is 3. The monoisotopic (exact) mass is 456 g/mol. The highest BCUT2D eigenvalue weighted by atomic mass is 16.6. The van der Waals surface area contributed by atoms with Gasteiger partial charge in [0.2, 0.25) is 0 Å². The molecule has 1 amide bonds. The van der Waals surface area contributed by atoms with Crippen molar-refractivity contribution >= 4 is 23.6 Å². The second-order valence-corrected chi connectivity index (χ2v) is 7.42. The van der Waals surface area contributed by atoms with Gasteiger partial charge in [-0.2, -0.15) is 5.26 Å². The number of aryl methyl sites for hydroxylation is 2. The lowest BCUT2D eigenvalue weighted by atomic mass is 10.1. The number of para-hydroxylation sites is 1. The Hall–Kier alpha value is -4.57. The molecule has 0 aliphatic heterocycles. The number of nitrogens with one attached hydrogen (secondary N) is 1. The van der Waals surface area contributed by atoms with Gasteiger partial charge in [0.25, 0.3) is 5.91 Å². The molecule has 0 aliphatic rings. The van der Waals surface area contributed by atoms with Gasteiger partial charge in [0.15, 0.2) is 11.5 Å². The van der Waals surface area contributed by atoms with E-state index in [9.17, 15) is 14.9 Å². The van der Waals surface area contributed by atoms with Gasteiger partial charge >= 0.3 is 5.97 Å². The van der Waals surface area contributed by atoms with E-state index in [0.29, 0.717) is 28.3 Å². The van der Waals surface area contributed by atoms with Crippen LogP contribution in [0.15, 0.2) is 66.2 Å². The van der Waals surface area contributed by atoms with Crippen LogP contribution in [0.25, 0.3) is 6.08 Å². The van der Waals surface area contributed by atoms with Crippen LogP contribution in [-0.2, 0) is 4.79 Å². The average Bonchev–Trinajstić information content (AvgIpc) is 2.85. The highest BCUT2D eigenvalue weighted by molar-refractivity contribution is 6.10. The van der Waals surface area contributed by atoms with E-state index >= 15 is 0 Å². The third kappa shape index (κ3) is 5.61. The average molecular weight is 456 g/mol. The van der Waals surface area contributed by atoms with E-state index in [1.807, 2.05) is 38.1 Å². The summed E-state index contributed by atoms with van der Waals surface area (Å²) in [5.41, 5.74) is 3.17. The lowest BCUT2D eigenvalue weighted by Crippen LogP contribution is -2.15. The molecule has 0 spiro atoms. The molecule has 3 rings (SSSR count). The number of hydrogen-bond donors (Lipinski definition) is 1. The van der Waals surface area contributed by atoms with E-state index in [-0.39, 0.29) is 11.3 Å². The van der Waals surface area contributed by atoms with Crippen LogP contribution in [0.5, 0.6) is 17.2 Å². The fraction of sp³-hybridized carbons (Fsp3) is 0.148. The smallest absolute Gasteiger partial charge is 0.343 e. The molecule has 0 saturated heterocycles. The first-order chi connectivity index (χ1) is 16.4. The molecule has 7 heteroatoms. The Morgan fingerprint density at radius 3 is 2.18 bits per heavy atom. The normalized spacial score (nSPS) is 10.7. The number of carbonyl (C=O) groups is 2. The van der Waals surface area contributed by atoms with Crippen molar-refractivity contribution in [2.24, 2.45) is 0 Å². The number of benzene rings is 3. The largest absolute Gasteiger partial charge is 0.497 e. The summed E-state index contributed by atoms with van der Waals surface area (Å²) in [4.78, 5) is 25.3. The van der Waals surface area contributed by atoms with E-state index in [1.54, 1.807) is 36.4 Å². The zero-order valence-electron chi connectivity index (χ0n) is 19.3. The first kappa shape index (κ1) is 24.1. The highest BCUT2D eigenvalue weighted by Gasteiger charge is 2.16. The molecule has 1 N–H and O–H groups in total. The lowest BCUT2D eigenvalue weighted by Gasteiger charge is -2.12. The molecular formula is C27H24N2O5. The third-order valence-electron chi connectivity index (χ3n) is 5.11. The molecule has 0 atom stereocenters. The second-order valence-electron chi connectivity index (χ2n) is 7.42. The summed E-state index contributed by atoms with van der Waals surface area (Å²) in [5, 5.41) is 12.4. The summed E-state index contributed by atoms with van der Waals surface area (Å²) in [5.74, 6) is -0.0191. The molecule has 0 unspecified atom stereocenters. The highest BCUT2D eigenvalue weighted by Crippen LogP contribution is 2.30. The number of amides is 1. The van der Waals surface area contributed by atoms with Gasteiger partial charge in [0.1, 0.15) is 17.4 Å². The fourth-order valence-electron chi connectivity index (χ4n) is 3.26. The van der Waals surface area contributed by atoms with E-state index in [1.165, 1.54) is 26.4 Å². The number of methoxy groups -OCH3 is 2. The lowest BCUT2D eigenvalue weighted by molar-refractivity contribution is -0.112. The fourth-order valence-corrected chi connectivity index (χ4v) is 3.26. The van der Waals surface area contributed by atoms with Crippen molar-refractivity contribution in [1.82, 2.24) is 0 Å². The Balaban J connectivity index is 1.86. The summed E-state index contributed by atoms with van der Waals surface area (Å²) >= 11 is 0. The Morgan fingerprint density at radius 1 is 0.912 bits per heavy atom. The maximum absolute atomic E-state index is 12.8. The Bertz CT molecular complexity index is 1270. The first-order valence-corrected chi connectivity index (χ1v) is 10.4. The minimum absolute atomic E-state index is 0.0970. The zero-order valence-corrected chi connectivity index (χ0v) is 19.3. The molecule has 0 radical (unpaired) electrons. The molecule has 0 bridgehead atoms. The number of hydrogen-bond acceptors (Lipinski definition) is 6. The van der Waals surface area contributed by atoms with Gasteiger partial charge in [-0.1, -0.05) is 24.3 Å². The maximum Gasteiger partial charge on any atom is 0.343 e. The Kier molecular flexibility index (Phi) is 7.67. The van der Waals surface area contributed by atoms with Gasteiger partial charge in [0.05, 0.1) is 19.8 Å². The van der Waals surface area contributed by atoms with Gasteiger partial charge < -0.3 is 19.5 Å². The number of nitrogens with zero attached hydrogens (tertiary/aromatic N) is 1. The van der Waals surface area contributed by atoms with E-state index in [4.69, 9.17) is 14.2 Å². The summed E-state index contributed by atoms with van der Waals surface area (Å²) < 4.78 is 15.9. The molecule has 0 saturated carbocycles. The molecule has 0 aromatic heterocycles. The predicted octanol–water partition coefficient (Wildman–Crippen LogP) is 5.09. The molecule has 3 aromatic rings. The van der Waals surface area contributed by atoms with E-state index < -0.39 is 11.9 Å². The van der Waals surface area contributed by atoms with Crippen LogP contribution in [0.3, 0.4) is 0 Å². The van der Waals surface area contributed by atoms with Crippen molar-refractivity contribution in [1.29, 1.82) is 5.26 Å². The minimum atomic E-state index is -0.588. The van der Waals surface area contributed by atoms with E-state index in [2.05, 4.69) is 5.32 Å².